The number of rotatable bonds is 8. The molecule has 4 atom stereocenters. The van der Waals surface area contributed by atoms with Crippen LogP contribution in [-0.4, -0.2) is 74.0 Å². The summed E-state index contributed by atoms with van der Waals surface area (Å²) in [7, 11) is 3.01. The number of nitrogens with zero attached hydrogens (tertiary/aromatic N) is 2. The van der Waals surface area contributed by atoms with Crippen LogP contribution >= 0.6 is 0 Å². The highest BCUT2D eigenvalue weighted by Crippen LogP contribution is 2.43. The summed E-state index contributed by atoms with van der Waals surface area (Å²) in [5.74, 6) is -2.49. The van der Waals surface area contributed by atoms with E-state index in [1.165, 1.54) is 75.9 Å². The van der Waals surface area contributed by atoms with Gasteiger partial charge in [0.25, 0.3) is 0 Å². The zero-order chi connectivity index (χ0) is 52.7. The first kappa shape index (κ1) is 55.7. The van der Waals surface area contributed by atoms with Crippen LogP contribution in [-0.2, 0) is 45.1 Å². The van der Waals surface area contributed by atoms with Gasteiger partial charge in [0, 0.05) is 51.1 Å². The number of alkyl halides is 12. The first-order valence-corrected chi connectivity index (χ1v) is 22.1. The van der Waals surface area contributed by atoms with Crippen molar-refractivity contribution in [2.75, 3.05) is 40.3 Å². The van der Waals surface area contributed by atoms with E-state index in [0.717, 1.165) is 11.1 Å². The molecule has 2 heterocycles. The van der Waals surface area contributed by atoms with Crippen LogP contribution in [0.5, 0.6) is 0 Å². The van der Waals surface area contributed by atoms with E-state index in [4.69, 9.17) is 0 Å². The highest BCUT2D eigenvalue weighted by molar-refractivity contribution is 5.88. The molecule has 0 aromatic heterocycles. The maximum absolute atomic E-state index is 13.6. The zero-order valence-corrected chi connectivity index (χ0v) is 39.5. The number of benzene rings is 4. The Hall–Kier alpha value is -5.24. The largest absolute Gasteiger partial charge is 0.416 e. The van der Waals surface area contributed by atoms with Crippen molar-refractivity contribution in [2.24, 2.45) is 0 Å². The quantitative estimate of drug-likeness (QED) is 0.173. The molecule has 384 valence electrons. The molecule has 2 fully saturated rings. The van der Waals surface area contributed by atoms with Crippen molar-refractivity contribution in [2.45, 2.75) is 114 Å². The van der Waals surface area contributed by atoms with Crippen LogP contribution in [0.4, 0.5) is 61.5 Å². The molecule has 20 heteroatoms. The van der Waals surface area contributed by atoms with Crippen molar-refractivity contribution in [3.05, 3.63) is 140 Å². The second kappa shape index (κ2) is 20.5. The van der Waals surface area contributed by atoms with Crippen molar-refractivity contribution in [3.8, 4) is 0 Å². The van der Waals surface area contributed by atoms with Crippen molar-refractivity contribution in [1.29, 1.82) is 0 Å². The van der Waals surface area contributed by atoms with Crippen molar-refractivity contribution < 1.29 is 71.1 Å². The zero-order valence-electron chi connectivity index (χ0n) is 39.5. The van der Waals surface area contributed by atoms with Gasteiger partial charge in [0.15, 0.2) is 0 Å². The Balaban J connectivity index is 0.000000261. The van der Waals surface area contributed by atoms with E-state index in [-0.39, 0.29) is 47.2 Å². The number of hydrogen-bond donors (Lipinski definition) is 2. The normalized spacial score (nSPS) is 19.5. The van der Waals surface area contributed by atoms with Crippen LogP contribution in [0.15, 0.2) is 72.8 Å². The Morgan fingerprint density at radius 1 is 0.471 bits per heavy atom. The highest BCUT2D eigenvalue weighted by atomic mass is 19.4. The lowest BCUT2D eigenvalue weighted by Crippen LogP contribution is -2.53. The van der Waals surface area contributed by atoms with Gasteiger partial charge in [-0.3, -0.25) is 9.59 Å². The molecule has 0 radical (unpaired) electrons. The van der Waals surface area contributed by atoms with Gasteiger partial charge in [0.05, 0.1) is 33.1 Å². The van der Waals surface area contributed by atoms with Crippen molar-refractivity contribution in [1.82, 2.24) is 20.4 Å². The van der Waals surface area contributed by atoms with Gasteiger partial charge >= 0.3 is 24.7 Å². The predicted octanol–water partition coefficient (Wildman–Crippen LogP) is 12.1. The van der Waals surface area contributed by atoms with E-state index in [0.29, 0.717) is 74.4 Å². The highest BCUT2D eigenvalue weighted by Gasteiger charge is 2.45. The fraction of sp³-hybridized carbons (Fsp3) is 0.480. The summed E-state index contributed by atoms with van der Waals surface area (Å²) in [6, 6.07) is 10.4. The number of carbonyl (C=O) groups excluding carboxylic acids is 2. The van der Waals surface area contributed by atoms with Gasteiger partial charge in [-0.25, -0.2) is 8.78 Å². The van der Waals surface area contributed by atoms with Gasteiger partial charge in [0.2, 0.25) is 11.8 Å². The Kier molecular flexibility index (Phi) is 16.3. The number of carbonyl (C=O) groups is 2. The molecule has 2 saturated heterocycles. The topological polar surface area (TPSA) is 64.7 Å². The average molecular weight is 1010 g/mol. The standard InChI is InChI=1S/2C25H27F7N2O/c2*1-14-9-18(26)5-6-19(14)20-13-33-8-7-21(20)34(4)22(35)23(2,3)15-10-16(24(27,28)29)12-17(11-15)25(30,31)32/h2*5-6,9-12,20-21,33H,7-8,13H2,1-4H3/t2*20-,21+/m10/s1. The number of piperidine rings is 2. The first-order valence-electron chi connectivity index (χ1n) is 22.1. The maximum atomic E-state index is 13.6. The second-order valence-electron chi connectivity index (χ2n) is 19.0. The molecular weight excluding hydrogens is 955 g/mol. The summed E-state index contributed by atoms with van der Waals surface area (Å²) in [4.78, 5) is 30.0. The van der Waals surface area contributed by atoms with E-state index in [2.05, 4.69) is 10.6 Å². The Morgan fingerprint density at radius 2 is 0.743 bits per heavy atom. The number of nitrogens with one attached hydrogen (secondary N) is 2. The minimum atomic E-state index is -5.01. The summed E-state index contributed by atoms with van der Waals surface area (Å²) in [6.45, 7) is 10.9. The lowest BCUT2D eigenvalue weighted by atomic mass is 9.79. The fourth-order valence-electron chi connectivity index (χ4n) is 9.42. The van der Waals surface area contributed by atoms with Crippen LogP contribution in [0.2, 0.25) is 0 Å². The molecule has 0 spiro atoms. The summed E-state index contributed by atoms with van der Waals surface area (Å²) in [6.07, 6.45) is -19.0. The van der Waals surface area contributed by atoms with Crippen LogP contribution in [0.3, 0.4) is 0 Å². The number of aryl methyl sites for hydroxylation is 2. The lowest BCUT2D eigenvalue weighted by Gasteiger charge is -2.42. The van der Waals surface area contributed by atoms with Gasteiger partial charge in [-0.15, -0.1) is 0 Å². The molecule has 0 aliphatic carbocycles. The van der Waals surface area contributed by atoms with Crippen LogP contribution in [0, 0.1) is 25.5 Å². The van der Waals surface area contributed by atoms with Crippen LogP contribution < -0.4 is 10.6 Å². The SMILES string of the molecule is Cc1cc(F)ccc1[C@@H]1CNCC[C@H]1N(C)C(=O)C(C)(C)c1cc(C(F)(F)F)cc(C(F)(F)F)c1.Cc1cc(F)ccc1[C@H]1CNCC[C@@H]1N(C)C(=O)C(C)(C)c1cc(C(F)(F)F)cc(C(F)(F)F)c1. The molecular formula is C50H54F14N4O2. The third kappa shape index (κ3) is 12.4. The summed E-state index contributed by atoms with van der Waals surface area (Å²) < 4.78 is 188. The van der Waals surface area contributed by atoms with Crippen molar-refractivity contribution in [3.63, 3.8) is 0 Å². The fourth-order valence-corrected chi connectivity index (χ4v) is 9.42. The molecule has 70 heavy (non-hydrogen) atoms. The molecule has 2 aliphatic rings. The molecule has 6 rings (SSSR count). The van der Waals surface area contributed by atoms with Gasteiger partial charge in [-0.1, -0.05) is 12.1 Å². The Morgan fingerprint density at radius 3 is 1.00 bits per heavy atom. The minimum Gasteiger partial charge on any atom is -0.341 e. The van der Waals surface area contributed by atoms with Gasteiger partial charge in [0.1, 0.15) is 11.6 Å². The second-order valence-corrected chi connectivity index (χ2v) is 19.0. The Bertz CT molecular complexity index is 2290. The molecule has 6 nitrogen and oxygen atoms in total. The van der Waals surface area contributed by atoms with E-state index in [1.54, 1.807) is 26.0 Å². The molecule has 2 aliphatic heterocycles. The van der Waals surface area contributed by atoms with Gasteiger partial charge < -0.3 is 20.4 Å². The molecule has 4 aromatic rings. The Labute approximate surface area is 396 Å². The third-order valence-electron chi connectivity index (χ3n) is 13.5. The molecule has 0 unspecified atom stereocenters. The number of halogens is 14. The predicted molar refractivity (Wildman–Crippen MR) is 235 cm³/mol. The third-order valence-corrected chi connectivity index (χ3v) is 13.5. The lowest BCUT2D eigenvalue weighted by molar-refractivity contribution is -0.145. The van der Waals surface area contributed by atoms with Gasteiger partial charge in [-0.05, 0) is 162 Å². The van der Waals surface area contributed by atoms with Crippen molar-refractivity contribution >= 4 is 11.8 Å². The monoisotopic (exact) mass is 1010 g/mol. The minimum absolute atomic E-state index is 0.0495. The van der Waals surface area contributed by atoms with Gasteiger partial charge in [-0.2, -0.15) is 52.7 Å². The smallest absolute Gasteiger partial charge is 0.341 e. The first-order chi connectivity index (χ1) is 32.1. The molecule has 0 saturated carbocycles. The molecule has 4 aromatic carbocycles. The number of likely N-dealkylation sites (N-methyl/N-ethyl adjacent to an activating group) is 2. The van der Waals surface area contributed by atoms with Crippen LogP contribution in [0.25, 0.3) is 0 Å². The van der Waals surface area contributed by atoms with E-state index >= 15 is 0 Å². The molecule has 0 bridgehead atoms. The average Bonchev–Trinajstić information content (AvgIpc) is 3.26. The van der Waals surface area contributed by atoms with E-state index in [1.807, 2.05) is 0 Å². The summed E-state index contributed by atoms with van der Waals surface area (Å²) >= 11 is 0. The molecule has 2 N–H and O–H groups in total. The summed E-state index contributed by atoms with van der Waals surface area (Å²) in [5, 5.41) is 6.47. The maximum Gasteiger partial charge on any atom is 0.416 e. The van der Waals surface area contributed by atoms with Crippen LogP contribution in [0.1, 0.15) is 108 Å². The van der Waals surface area contributed by atoms with E-state index in [9.17, 15) is 71.1 Å². The summed E-state index contributed by atoms with van der Waals surface area (Å²) in [5.41, 5.74) is -6.95. The number of hydrogen-bond acceptors (Lipinski definition) is 4. The molecule has 2 amide bonds. The van der Waals surface area contributed by atoms with E-state index < -0.39 is 81.2 Å². The number of amides is 2.